The minimum atomic E-state index is 0.645. The molecule has 1 saturated heterocycles. The van der Waals surface area contributed by atoms with Gasteiger partial charge in [-0.05, 0) is 49.6 Å². The summed E-state index contributed by atoms with van der Waals surface area (Å²) in [5, 5.41) is 3.76. The number of hydrogen-bond donors (Lipinski definition) is 1. The van der Waals surface area contributed by atoms with Gasteiger partial charge >= 0.3 is 0 Å². The Balaban J connectivity index is 1.80. The zero-order chi connectivity index (χ0) is 13.2. The van der Waals surface area contributed by atoms with Gasteiger partial charge in [0.15, 0.2) is 0 Å². The molecular formula is C16H24N2S. The molecule has 0 bridgehead atoms. The second-order valence-corrected chi connectivity index (χ2v) is 6.65. The van der Waals surface area contributed by atoms with Crippen LogP contribution in [0.1, 0.15) is 26.2 Å². The Morgan fingerprint density at radius 2 is 2.21 bits per heavy atom. The van der Waals surface area contributed by atoms with E-state index in [0.717, 1.165) is 12.5 Å². The van der Waals surface area contributed by atoms with Crippen LogP contribution in [-0.4, -0.2) is 31.4 Å². The Labute approximate surface area is 121 Å². The molecule has 0 amide bonds. The van der Waals surface area contributed by atoms with E-state index >= 15 is 0 Å². The molecule has 1 aliphatic heterocycles. The normalized spacial score (nSPS) is 27.6. The fraction of sp³-hybridized carbons (Fsp3) is 0.625. The first-order chi connectivity index (χ1) is 9.31. The maximum absolute atomic E-state index is 3.76. The second kappa shape index (κ2) is 5.76. The van der Waals surface area contributed by atoms with Crippen molar-refractivity contribution in [3.05, 3.63) is 24.3 Å². The Bertz CT molecular complexity index is 431. The highest BCUT2D eigenvalue weighted by atomic mass is 32.2. The molecule has 2 atom stereocenters. The van der Waals surface area contributed by atoms with Crippen LogP contribution in [0, 0.1) is 5.92 Å². The third-order valence-electron chi connectivity index (χ3n) is 4.50. The molecule has 2 fully saturated rings. The van der Waals surface area contributed by atoms with Gasteiger partial charge in [-0.2, -0.15) is 0 Å². The predicted octanol–water partition coefficient (Wildman–Crippen LogP) is 3.38. The quantitative estimate of drug-likeness (QED) is 0.849. The van der Waals surface area contributed by atoms with Gasteiger partial charge in [-0.25, -0.2) is 0 Å². The molecule has 1 heterocycles. The Morgan fingerprint density at radius 3 is 2.89 bits per heavy atom. The number of piperazine rings is 1. The lowest BCUT2D eigenvalue weighted by molar-refractivity contribution is 0.359. The minimum absolute atomic E-state index is 0.645. The number of nitrogens with one attached hydrogen (secondary N) is 1. The monoisotopic (exact) mass is 276 g/mol. The maximum atomic E-state index is 3.76. The number of thioether (sulfide) groups is 1. The lowest BCUT2D eigenvalue weighted by Gasteiger charge is -2.42. The van der Waals surface area contributed by atoms with Crippen LogP contribution in [0.5, 0.6) is 0 Å². The van der Waals surface area contributed by atoms with Gasteiger partial charge in [0.05, 0.1) is 0 Å². The van der Waals surface area contributed by atoms with Crippen molar-refractivity contribution in [1.82, 2.24) is 5.32 Å². The summed E-state index contributed by atoms with van der Waals surface area (Å²) in [6, 6.07) is 10.4. The number of anilines is 1. The minimum Gasteiger partial charge on any atom is -0.366 e. The third kappa shape index (κ3) is 2.92. The summed E-state index contributed by atoms with van der Waals surface area (Å²) >= 11 is 1.83. The fourth-order valence-corrected chi connectivity index (χ4v) is 3.56. The topological polar surface area (TPSA) is 15.3 Å². The summed E-state index contributed by atoms with van der Waals surface area (Å²) in [4.78, 5) is 4.01. The summed E-state index contributed by atoms with van der Waals surface area (Å²) in [5.74, 6) is 0.934. The zero-order valence-corrected chi connectivity index (χ0v) is 12.7. The van der Waals surface area contributed by atoms with Gasteiger partial charge in [-0.3, -0.25) is 0 Å². The van der Waals surface area contributed by atoms with Crippen LogP contribution in [0.4, 0.5) is 5.69 Å². The van der Waals surface area contributed by atoms with Crippen molar-refractivity contribution in [2.75, 3.05) is 24.2 Å². The maximum Gasteiger partial charge on any atom is 0.0412 e. The van der Waals surface area contributed by atoms with Crippen molar-refractivity contribution in [2.24, 2.45) is 5.92 Å². The van der Waals surface area contributed by atoms with E-state index in [1.165, 1.54) is 36.4 Å². The first kappa shape index (κ1) is 13.3. The molecule has 0 aromatic heterocycles. The van der Waals surface area contributed by atoms with E-state index in [1.54, 1.807) is 0 Å². The second-order valence-electron chi connectivity index (χ2n) is 5.77. The molecule has 0 radical (unpaired) electrons. The Hall–Kier alpha value is -0.670. The van der Waals surface area contributed by atoms with Gasteiger partial charge in [0, 0.05) is 35.8 Å². The van der Waals surface area contributed by atoms with E-state index in [0.29, 0.717) is 12.1 Å². The molecule has 19 heavy (non-hydrogen) atoms. The van der Waals surface area contributed by atoms with Gasteiger partial charge < -0.3 is 10.2 Å². The lowest BCUT2D eigenvalue weighted by Crippen LogP contribution is -2.57. The number of rotatable bonds is 4. The average molecular weight is 276 g/mol. The van der Waals surface area contributed by atoms with Gasteiger partial charge in [0.25, 0.3) is 0 Å². The van der Waals surface area contributed by atoms with E-state index in [2.05, 4.69) is 47.7 Å². The van der Waals surface area contributed by atoms with Gasteiger partial charge in [0.2, 0.25) is 0 Å². The first-order valence-electron chi connectivity index (χ1n) is 7.46. The smallest absolute Gasteiger partial charge is 0.0412 e. The summed E-state index contributed by atoms with van der Waals surface area (Å²) in [5.41, 5.74) is 1.41. The van der Waals surface area contributed by atoms with Crippen molar-refractivity contribution >= 4 is 17.4 Å². The van der Waals surface area contributed by atoms with Gasteiger partial charge in [-0.1, -0.05) is 13.0 Å². The SMILES string of the molecule is CCC1CNC(C2CC2)CN1c1cccc(SC)c1. The molecule has 1 N–H and O–H groups in total. The van der Waals surface area contributed by atoms with E-state index in [9.17, 15) is 0 Å². The van der Waals surface area contributed by atoms with E-state index in [4.69, 9.17) is 0 Å². The van der Waals surface area contributed by atoms with Crippen LogP contribution in [0.2, 0.25) is 0 Å². The molecule has 1 saturated carbocycles. The standard InChI is InChI=1S/C16H24N2S/c1-3-13-10-17-16(12-7-8-12)11-18(13)14-5-4-6-15(9-14)19-2/h4-6,9,12-13,16-17H,3,7-8,10-11H2,1-2H3. The molecule has 104 valence electrons. The summed E-state index contributed by atoms with van der Waals surface area (Å²) in [7, 11) is 0. The molecule has 2 nitrogen and oxygen atoms in total. The Kier molecular flexibility index (Phi) is 4.04. The highest BCUT2D eigenvalue weighted by Gasteiger charge is 2.36. The van der Waals surface area contributed by atoms with Crippen molar-refractivity contribution in [1.29, 1.82) is 0 Å². The Morgan fingerprint density at radius 1 is 1.37 bits per heavy atom. The third-order valence-corrected chi connectivity index (χ3v) is 5.22. The molecule has 3 heteroatoms. The molecule has 2 unspecified atom stereocenters. The molecule has 1 aromatic rings. The van der Waals surface area contributed by atoms with E-state index in [1.807, 2.05) is 11.8 Å². The zero-order valence-electron chi connectivity index (χ0n) is 11.9. The number of hydrogen-bond acceptors (Lipinski definition) is 3. The average Bonchev–Trinajstić information content (AvgIpc) is 3.31. The molecule has 2 aliphatic rings. The molecule has 3 rings (SSSR count). The van der Waals surface area contributed by atoms with Crippen molar-refractivity contribution in [3.8, 4) is 0 Å². The van der Waals surface area contributed by atoms with E-state index < -0.39 is 0 Å². The van der Waals surface area contributed by atoms with Crippen LogP contribution in [0.25, 0.3) is 0 Å². The van der Waals surface area contributed by atoms with Crippen molar-refractivity contribution in [3.63, 3.8) is 0 Å². The summed E-state index contributed by atoms with van der Waals surface area (Å²) in [6.45, 7) is 4.62. The molecule has 1 aromatic carbocycles. The largest absolute Gasteiger partial charge is 0.366 e. The van der Waals surface area contributed by atoms with Gasteiger partial charge in [-0.15, -0.1) is 11.8 Å². The lowest BCUT2D eigenvalue weighted by atomic mass is 10.0. The van der Waals surface area contributed by atoms with Crippen molar-refractivity contribution < 1.29 is 0 Å². The number of benzene rings is 1. The van der Waals surface area contributed by atoms with Crippen LogP contribution in [-0.2, 0) is 0 Å². The van der Waals surface area contributed by atoms with Crippen LogP contribution in [0.3, 0.4) is 0 Å². The van der Waals surface area contributed by atoms with E-state index in [-0.39, 0.29) is 0 Å². The van der Waals surface area contributed by atoms with Crippen LogP contribution in [0.15, 0.2) is 29.2 Å². The van der Waals surface area contributed by atoms with Crippen LogP contribution < -0.4 is 10.2 Å². The molecular weight excluding hydrogens is 252 g/mol. The van der Waals surface area contributed by atoms with Crippen molar-refractivity contribution in [2.45, 2.75) is 43.2 Å². The summed E-state index contributed by atoms with van der Waals surface area (Å²) in [6.07, 6.45) is 6.22. The number of nitrogens with zero attached hydrogens (tertiary/aromatic N) is 1. The predicted molar refractivity (Wildman–Crippen MR) is 84.2 cm³/mol. The summed E-state index contributed by atoms with van der Waals surface area (Å²) < 4.78 is 0. The van der Waals surface area contributed by atoms with Crippen LogP contribution >= 0.6 is 11.8 Å². The highest BCUT2D eigenvalue weighted by Crippen LogP contribution is 2.36. The fourth-order valence-electron chi connectivity index (χ4n) is 3.11. The molecule has 0 spiro atoms. The highest BCUT2D eigenvalue weighted by molar-refractivity contribution is 7.98. The molecule has 1 aliphatic carbocycles. The first-order valence-corrected chi connectivity index (χ1v) is 8.68. The van der Waals surface area contributed by atoms with Gasteiger partial charge in [0.1, 0.15) is 0 Å².